The lowest BCUT2D eigenvalue weighted by Crippen LogP contribution is -2.11. The number of fused-ring (bicyclic) bond motifs is 7. The highest BCUT2D eigenvalue weighted by molar-refractivity contribution is 6.22. The van der Waals surface area contributed by atoms with Crippen LogP contribution in [0.4, 0.5) is 17.1 Å². The molecule has 0 amide bonds. The minimum atomic E-state index is 1.07. The lowest BCUT2D eigenvalue weighted by Gasteiger charge is -2.28. The molecule has 0 fully saturated rings. The van der Waals surface area contributed by atoms with Gasteiger partial charge in [-0.25, -0.2) is 0 Å². The van der Waals surface area contributed by atoms with Gasteiger partial charge in [-0.3, -0.25) is 0 Å². The second-order valence-corrected chi connectivity index (χ2v) is 19.2. The molecule has 0 spiro atoms. The van der Waals surface area contributed by atoms with Gasteiger partial charge in [0, 0.05) is 33.4 Å². The van der Waals surface area contributed by atoms with Gasteiger partial charge in [0.2, 0.25) is 0 Å². The fourth-order valence-electron chi connectivity index (χ4n) is 11.5. The van der Waals surface area contributed by atoms with Crippen molar-refractivity contribution in [3.8, 4) is 61.3 Å². The molecule has 0 atom stereocenters. The molecule has 0 aliphatic carbocycles. The highest BCUT2D eigenvalue weighted by Gasteiger charge is 2.21. The van der Waals surface area contributed by atoms with Gasteiger partial charge in [-0.15, -0.1) is 0 Å². The first-order valence-corrected chi connectivity index (χ1v) is 25.5. The maximum absolute atomic E-state index is 2.42. The summed E-state index contributed by atoms with van der Waals surface area (Å²) in [5, 5.41) is 9.93. The normalized spacial score (nSPS) is 11.5. The van der Waals surface area contributed by atoms with E-state index in [2.05, 4.69) is 301 Å². The Kier molecular flexibility index (Phi) is 10.6. The maximum atomic E-state index is 2.42. The molecule has 1 heterocycles. The smallest absolute Gasteiger partial charge is 0.0541 e. The molecular weight excluding hydrogens is 893 g/mol. The second-order valence-electron chi connectivity index (χ2n) is 19.2. The molecule has 0 saturated heterocycles. The minimum Gasteiger partial charge on any atom is -0.310 e. The summed E-state index contributed by atoms with van der Waals surface area (Å²) in [6.07, 6.45) is 0. The predicted octanol–water partition coefficient (Wildman–Crippen LogP) is 20.0. The van der Waals surface area contributed by atoms with E-state index in [1.807, 2.05) is 0 Å². The van der Waals surface area contributed by atoms with Crippen LogP contribution in [0.5, 0.6) is 0 Å². The lowest BCUT2D eigenvalue weighted by molar-refractivity contribution is 1.18. The summed E-state index contributed by atoms with van der Waals surface area (Å²) < 4.78 is 2.38. The summed E-state index contributed by atoms with van der Waals surface area (Å²) in [6, 6.07) is 107. The minimum absolute atomic E-state index is 1.07. The first-order chi connectivity index (χ1) is 36.7. The van der Waals surface area contributed by atoms with Crippen LogP contribution in [-0.2, 0) is 0 Å². The van der Waals surface area contributed by atoms with Crippen molar-refractivity contribution in [3.63, 3.8) is 0 Å². The van der Waals surface area contributed by atoms with Crippen molar-refractivity contribution in [1.29, 1.82) is 0 Å². The number of nitrogens with zero attached hydrogens (tertiary/aromatic N) is 2. The SMILES string of the molecule is c1ccc(-c2c(-c3ccccc3)c3cc(-c4ccc(N(c5ccc(-c6ccc7ccccc7c6)cc5)c5ccccc5-c5ccc6c(c5)c5ccccc5n6-c5ccccc5)cc4)ccc3c3ccccc23)cc1. The molecule has 0 aliphatic heterocycles. The Labute approximate surface area is 430 Å². The fourth-order valence-corrected chi connectivity index (χ4v) is 11.5. The number of rotatable bonds is 9. The Bertz CT molecular complexity index is 4380. The van der Waals surface area contributed by atoms with Crippen LogP contribution in [0.1, 0.15) is 0 Å². The molecule has 14 rings (SSSR count). The zero-order valence-electron chi connectivity index (χ0n) is 40.6. The molecular formula is C72H48N2. The molecule has 0 aliphatic rings. The molecule has 1 aromatic heterocycles. The van der Waals surface area contributed by atoms with Crippen LogP contribution in [-0.4, -0.2) is 4.57 Å². The van der Waals surface area contributed by atoms with Crippen molar-refractivity contribution < 1.29 is 0 Å². The first kappa shape index (κ1) is 43.1. The number of hydrogen-bond acceptors (Lipinski definition) is 1. The van der Waals surface area contributed by atoms with Gasteiger partial charge in [-0.1, -0.05) is 218 Å². The van der Waals surface area contributed by atoms with Gasteiger partial charge in [0.15, 0.2) is 0 Å². The van der Waals surface area contributed by atoms with Gasteiger partial charge >= 0.3 is 0 Å². The average Bonchev–Trinajstić information content (AvgIpc) is 3.82. The molecule has 0 bridgehead atoms. The van der Waals surface area contributed by atoms with Crippen molar-refractivity contribution >= 4 is 71.2 Å². The third kappa shape index (κ3) is 7.43. The third-order valence-electron chi connectivity index (χ3n) is 15.0. The Hall–Kier alpha value is -9.76. The van der Waals surface area contributed by atoms with Crippen molar-refractivity contribution in [2.24, 2.45) is 0 Å². The topological polar surface area (TPSA) is 8.17 Å². The highest BCUT2D eigenvalue weighted by Crippen LogP contribution is 2.47. The van der Waals surface area contributed by atoms with Crippen LogP contribution in [0.3, 0.4) is 0 Å². The van der Waals surface area contributed by atoms with Crippen molar-refractivity contribution in [3.05, 3.63) is 291 Å². The number of para-hydroxylation sites is 3. The molecule has 0 saturated carbocycles. The zero-order chi connectivity index (χ0) is 49.0. The maximum Gasteiger partial charge on any atom is 0.0541 e. The predicted molar refractivity (Wildman–Crippen MR) is 315 cm³/mol. The molecule has 74 heavy (non-hydrogen) atoms. The van der Waals surface area contributed by atoms with E-state index in [-0.39, 0.29) is 0 Å². The molecule has 13 aromatic carbocycles. The summed E-state index contributed by atoms with van der Waals surface area (Å²) in [4.78, 5) is 2.42. The monoisotopic (exact) mass is 940 g/mol. The zero-order valence-corrected chi connectivity index (χ0v) is 40.6. The standard InChI is InChI=1S/C72H48N2/c1-4-19-52(20-5-1)71-65-29-13-12-27-62(65)63-44-38-56(47-67(63)72(71)53-21-6-2-7-22-53)51-36-42-60(43-37-51)73(59-40-34-50(35-41-59)55-33-32-49-18-10-11-23-54(49)46-55)68-30-16-14-26-61(68)57-39-45-70-66(48-57)64-28-15-17-31-69(64)74(70)58-24-8-3-9-25-58/h1-48H. The quantitative estimate of drug-likeness (QED) is 0.131. The van der Waals surface area contributed by atoms with Gasteiger partial charge in [0.1, 0.15) is 0 Å². The number of aromatic nitrogens is 1. The van der Waals surface area contributed by atoms with Gasteiger partial charge < -0.3 is 9.47 Å². The van der Waals surface area contributed by atoms with E-state index in [4.69, 9.17) is 0 Å². The van der Waals surface area contributed by atoms with E-state index in [1.165, 1.54) is 93.1 Å². The molecule has 14 aromatic rings. The Morgan fingerprint density at radius 2 is 0.716 bits per heavy atom. The Balaban J connectivity index is 0.918. The van der Waals surface area contributed by atoms with Gasteiger partial charge in [-0.2, -0.15) is 0 Å². The van der Waals surface area contributed by atoms with Crippen LogP contribution in [0.25, 0.3) is 115 Å². The molecule has 2 heteroatoms. The first-order valence-electron chi connectivity index (χ1n) is 25.5. The van der Waals surface area contributed by atoms with E-state index in [1.54, 1.807) is 0 Å². The lowest BCUT2D eigenvalue weighted by atomic mass is 9.84. The van der Waals surface area contributed by atoms with Crippen molar-refractivity contribution in [2.75, 3.05) is 4.90 Å². The van der Waals surface area contributed by atoms with E-state index >= 15 is 0 Å². The van der Waals surface area contributed by atoms with E-state index in [9.17, 15) is 0 Å². The van der Waals surface area contributed by atoms with Crippen LogP contribution in [0, 0.1) is 0 Å². The summed E-state index contributed by atoms with van der Waals surface area (Å²) in [5.41, 5.74) is 18.7. The van der Waals surface area contributed by atoms with Gasteiger partial charge in [0.05, 0.1) is 16.7 Å². The van der Waals surface area contributed by atoms with Gasteiger partial charge in [-0.05, 0) is 155 Å². The van der Waals surface area contributed by atoms with Crippen LogP contribution < -0.4 is 4.90 Å². The van der Waals surface area contributed by atoms with E-state index < -0.39 is 0 Å². The number of anilines is 3. The van der Waals surface area contributed by atoms with E-state index in [0.29, 0.717) is 0 Å². The van der Waals surface area contributed by atoms with E-state index in [0.717, 1.165) is 39.4 Å². The summed E-state index contributed by atoms with van der Waals surface area (Å²) in [7, 11) is 0. The van der Waals surface area contributed by atoms with Crippen molar-refractivity contribution in [2.45, 2.75) is 0 Å². The van der Waals surface area contributed by atoms with Gasteiger partial charge in [0.25, 0.3) is 0 Å². The number of hydrogen-bond donors (Lipinski definition) is 0. The highest BCUT2D eigenvalue weighted by atomic mass is 15.1. The summed E-state index contributed by atoms with van der Waals surface area (Å²) in [6.45, 7) is 0. The summed E-state index contributed by atoms with van der Waals surface area (Å²) in [5.74, 6) is 0. The second kappa shape index (κ2) is 18.1. The Morgan fingerprint density at radius 3 is 1.42 bits per heavy atom. The Morgan fingerprint density at radius 1 is 0.243 bits per heavy atom. The van der Waals surface area contributed by atoms with Crippen molar-refractivity contribution in [1.82, 2.24) is 4.57 Å². The molecule has 0 unspecified atom stereocenters. The molecule has 2 nitrogen and oxygen atoms in total. The summed E-state index contributed by atoms with van der Waals surface area (Å²) >= 11 is 0. The molecule has 0 radical (unpaired) electrons. The van der Waals surface area contributed by atoms with Crippen LogP contribution in [0.15, 0.2) is 291 Å². The largest absolute Gasteiger partial charge is 0.310 e. The number of benzene rings is 13. The molecule has 0 N–H and O–H groups in total. The van der Waals surface area contributed by atoms with Crippen LogP contribution in [0.2, 0.25) is 0 Å². The molecule has 346 valence electrons. The third-order valence-corrected chi connectivity index (χ3v) is 15.0. The average molecular weight is 941 g/mol. The fraction of sp³-hybridized carbons (Fsp3) is 0. The van der Waals surface area contributed by atoms with Crippen LogP contribution >= 0.6 is 0 Å².